The molecular weight excluding hydrogens is 463 g/mol. The van der Waals surface area contributed by atoms with Crippen LogP contribution in [0.3, 0.4) is 0 Å². The molecule has 3 rings (SSSR count). The van der Waals surface area contributed by atoms with Crippen LogP contribution in [0.5, 0.6) is 11.5 Å². The summed E-state index contributed by atoms with van der Waals surface area (Å²) in [5.41, 5.74) is 0.206. The predicted molar refractivity (Wildman–Crippen MR) is 113 cm³/mol. The van der Waals surface area contributed by atoms with Crippen LogP contribution in [-0.2, 0) is 27.4 Å². The molecule has 1 atom stereocenters. The molecule has 11 heteroatoms. The van der Waals surface area contributed by atoms with Gasteiger partial charge in [0.1, 0.15) is 11.5 Å². The van der Waals surface area contributed by atoms with Crippen molar-refractivity contribution < 1.29 is 41.0 Å². The Kier molecular flexibility index (Phi) is 7.23. The molecule has 0 aromatic heterocycles. The van der Waals surface area contributed by atoms with Gasteiger partial charge in [0.15, 0.2) is 6.61 Å². The number of carboxylic acids is 1. The van der Waals surface area contributed by atoms with E-state index >= 15 is 0 Å². The van der Waals surface area contributed by atoms with Crippen LogP contribution in [0.1, 0.15) is 42.5 Å². The molecule has 0 radical (unpaired) electrons. The first kappa shape index (κ1) is 24.8. The molecule has 2 aromatic rings. The molecule has 0 spiro atoms. The standard InChI is InChI=1S/C22H24F3NO6S/c1-3-31-15-10-14(22(23,24)25)11-16(12-15)33(29,30)26(2)19-8-4-7-18-17(19)6-5-9-20(18)32-13-21(27)28/h5-6,9-12,19H,3-4,7-8,13H2,1-2H3,(H,27,28). The minimum absolute atomic E-state index is 0.0752. The van der Waals surface area contributed by atoms with Crippen molar-refractivity contribution in [2.24, 2.45) is 0 Å². The van der Waals surface area contributed by atoms with E-state index in [9.17, 15) is 26.4 Å². The lowest BCUT2D eigenvalue weighted by Crippen LogP contribution is -2.33. The molecule has 0 bridgehead atoms. The molecule has 180 valence electrons. The number of carboxylic acid groups (broad SMARTS) is 1. The number of rotatable bonds is 8. The average Bonchev–Trinajstić information content (AvgIpc) is 2.76. The Hall–Kier alpha value is -2.79. The molecule has 0 aliphatic heterocycles. The normalized spacial score (nSPS) is 16.4. The highest BCUT2D eigenvalue weighted by molar-refractivity contribution is 7.89. The maximum atomic E-state index is 13.4. The summed E-state index contributed by atoms with van der Waals surface area (Å²) in [6.45, 7) is 1.12. The van der Waals surface area contributed by atoms with Crippen LogP contribution in [0, 0.1) is 0 Å². The van der Waals surface area contributed by atoms with Gasteiger partial charge < -0.3 is 14.6 Å². The SMILES string of the molecule is CCOc1cc(C(F)(F)F)cc(S(=O)(=O)N(C)C2CCCc3c(OCC(=O)O)cccc32)c1. The predicted octanol–water partition coefficient (Wildman–Crippen LogP) is 4.27. The highest BCUT2D eigenvalue weighted by Crippen LogP contribution is 2.41. The summed E-state index contributed by atoms with van der Waals surface area (Å²) >= 11 is 0. The monoisotopic (exact) mass is 487 g/mol. The van der Waals surface area contributed by atoms with E-state index in [1.165, 1.54) is 7.05 Å². The van der Waals surface area contributed by atoms with Gasteiger partial charge in [0, 0.05) is 13.1 Å². The summed E-state index contributed by atoms with van der Waals surface area (Å²) in [6.07, 6.45) is -3.14. The van der Waals surface area contributed by atoms with E-state index in [-0.39, 0.29) is 12.4 Å². The Morgan fingerprint density at radius 1 is 1.21 bits per heavy atom. The quantitative estimate of drug-likeness (QED) is 0.598. The van der Waals surface area contributed by atoms with Gasteiger partial charge in [-0.1, -0.05) is 12.1 Å². The summed E-state index contributed by atoms with van der Waals surface area (Å²) in [5, 5.41) is 8.89. The molecule has 2 aromatic carbocycles. The van der Waals surface area contributed by atoms with E-state index in [0.29, 0.717) is 42.2 Å². The summed E-state index contributed by atoms with van der Waals surface area (Å²) in [5.74, 6) is -0.981. The van der Waals surface area contributed by atoms with Gasteiger partial charge in [0.05, 0.1) is 23.1 Å². The number of alkyl halides is 3. The first-order valence-corrected chi connectivity index (χ1v) is 11.7. The van der Waals surface area contributed by atoms with Crippen molar-refractivity contribution in [2.45, 2.75) is 43.3 Å². The van der Waals surface area contributed by atoms with Crippen LogP contribution in [0.2, 0.25) is 0 Å². The third-order valence-electron chi connectivity index (χ3n) is 5.42. The van der Waals surface area contributed by atoms with E-state index in [1.807, 2.05) is 0 Å². The van der Waals surface area contributed by atoms with Gasteiger partial charge in [-0.05, 0) is 55.5 Å². The van der Waals surface area contributed by atoms with Crippen molar-refractivity contribution in [1.29, 1.82) is 0 Å². The smallest absolute Gasteiger partial charge is 0.416 e. The molecule has 0 saturated carbocycles. The topological polar surface area (TPSA) is 93.1 Å². The van der Waals surface area contributed by atoms with Crippen molar-refractivity contribution in [3.8, 4) is 11.5 Å². The number of hydrogen-bond acceptors (Lipinski definition) is 5. The fraction of sp³-hybridized carbons (Fsp3) is 0.409. The molecule has 0 fully saturated rings. The second-order valence-corrected chi connectivity index (χ2v) is 9.56. The van der Waals surface area contributed by atoms with E-state index < -0.39 is 45.3 Å². The zero-order valence-electron chi connectivity index (χ0n) is 18.1. The number of benzene rings is 2. The van der Waals surface area contributed by atoms with Gasteiger partial charge in [-0.3, -0.25) is 0 Å². The van der Waals surface area contributed by atoms with Gasteiger partial charge in [0.2, 0.25) is 10.0 Å². The van der Waals surface area contributed by atoms with Crippen molar-refractivity contribution >= 4 is 16.0 Å². The summed E-state index contributed by atoms with van der Waals surface area (Å²) in [6, 6.07) is 6.76. The summed E-state index contributed by atoms with van der Waals surface area (Å²) in [7, 11) is -3.01. The minimum Gasteiger partial charge on any atom is -0.494 e. The minimum atomic E-state index is -4.75. The third kappa shape index (κ3) is 5.41. The average molecular weight is 487 g/mol. The Morgan fingerprint density at radius 3 is 2.58 bits per heavy atom. The van der Waals surface area contributed by atoms with Crippen molar-refractivity contribution in [3.63, 3.8) is 0 Å². The Morgan fingerprint density at radius 2 is 1.94 bits per heavy atom. The highest BCUT2D eigenvalue weighted by atomic mass is 32.2. The number of halogens is 3. The van der Waals surface area contributed by atoms with E-state index in [2.05, 4.69) is 0 Å². The molecule has 1 aliphatic rings. The Bertz CT molecular complexity index is 1130. The number of fused-ring (bicyclic) bond motifs is 1. The lowest BCUT2D eigenvalue weighted by molar-refractivity contribution is -0.139. The second kappa shape index (κ2) is 9.60. The molecule has 1 N–H and O–H groups in total. The van der Waals surface area contributed by atoms with Crippen LogP contribution in [-0.4, -0.2) is 44.1 Å². The van der Waals surface area contributed by atoms with Crippen molar-refractivity contribution in [3.05, 3.63) is 53.1 Å². The van der Waals surface area contributed by atoms with Gasteiger partial charge >= 0.3 is 12.1 Å². The van der Waals surface area contributed by atoms with Crippen molar-refractivity contribution in [2.75, 3.05) is 20.3 Å². The molecular formula is C22H24F3NO6S. The molecule has 1 unspecified atom stereocenters. The van der Waals surface area contributed by atoms with Crippen molar-refractivity contribution in [1.82, 2.24) is 4.31 Å². The van der Waals surface area contributed by atoms with Crippen LogP contribution in [0.4, 0.5) is 13.2 Å². The highest BCUT2D eigenvalue weighted by Gasteiger charge is 2.37. The molecule has 0 saturated heterocycles. The largest absolute Gasteiger partial charge is 0.494 e. The lowest BCUT2D eigenvalue weighted by atomic mass is 9.87. The maximum absolute atomic E-state index is 13.4. The fourth-order valence-electron chi connectivity index (χ4n) is 3.91. The van der Waals surface area contributed by atoms with E-state index in [0.717, 1.165) is 16.4 Å². The van der Waals surface area contributed by atoms with Gasteiger partial charge in [-0.25, -0.2) is 13.2 Å². The van der Waals surface area contributed by atoms with Gasteiger partial charge in [-0.15, -0.1) is 0 Å². The molecule has 0 amide bonds. The summed E-state index contributed by atoms with van der Waals surface area (Å²) in [4.78, 5) is 10.4. The first-order valence-electron chi connectivity index (χ1n) is 10.2. The lowest BCUT2D eigenvalue weighted by Gasteiger charge is -2.33. The van der Waals surface area contributed by atoms with Crippen LogP contribution < -0.4 is 9.47 Å². The number of ether oxygens (including phenoxy) is 2. The van der Waals surface area contributed by atoms with Gasteiger partial charge in [0.25, 0.3) is 0 Å². The van der Waals surface area contributed by atoms with E-state index in [1.54, 1.807) is 25.1 Å². The summed E-state index contributed by atoms with van der Waals surface area (Å²) < 4.78 is 78.5. The molecule has 7 nitrogen and oxygen atoms in total. The van der Waals surface area contributed by atoms with Gasteiger partial charge in [-0.2, -0.15) is 17.5 Å². The number of nitrogens with zero attached hydrogens (tertiary/aromatic N) is 1. The van der Waals surface area contributed by atoms with Crippen LogP contribution in [0.15, 0.2) is 41.3 Å². The van der Waals surface area contributed by atoms with Crippen LogP contribution >= 0.6 is 0 Å². The molecule has 1 aliphatic carbocycles. The zero-order valence-corrected chi connectivity index (χ0v) is 18.9. The maximum Gasteiger partial charge on any atom is 0.416 e. The second-order valence-electron chi connectivity index (χ2n) is 7.56. The third-order valence-corrected chi connectivity index (χ3v) is 7.26. The molecule has 0 heterocycles. The first-order chi connectivity index (χ1) is 15.4. The number of aliphatic carboxylic acids is 1. The molecule has 33 heavy (non-hydrogen) atoms. The number of sulfonamides is 1. The Labute approximate surface area is 189 Å². The number of hydrogen-bond donors (Lipinski definition) is 1. The van der Waals surface area contributed by atoms with E-state index in [4.69, 9.17) is 14.6 Å². The Balaban J connectivity index is 2.01. The van der Waals surface area contributed by atoms with Crippen LogP contribution in [0.25, 0.3) is 0 Å². The number of carbonyl (C=O) groups is 1. The zero-order chi connectivity index (χ0) is 24.4. The fourth-order valence-corrected chi connectivity index (χ4v) is 5.34.